The Kier molecular flexibility index (Phi) is 4.45. The zero-order valence-electron chi connectivity index (χ0n) is 11.8. The molecule has 1 N–H and O–H groups in total. The molecule has 0 aliphatic heterocycles. The second-order valence-corrected chi connectivity index (χ2v) is 6.19. The van der Waals surface area contributed by atoms with E-state index >= 15 is 0 Å². The molecule has 0 aliphatic rings. The summed E-state index contributed by atoms with van der Waals surface area (Å²) >= 11 is 9.36. The SMILES string of the molecule is O=C(Cn1cnc2ccccc2c1=O)Nc1ccc(Br)cc1Cl. The van der Waals surface area contributed by atoms with Crippen molar-refractivity contribution in [3.8, 4) is 0 Å². The van der Waals surface area contributed by atoms with Gasteiger partial charge < -0.3 is 5.32 Å². The van der Waals surface area contributed by atoms with Gasteiger partial charge in [-0.05, 0) is 30.3 Å². The maximum atomic E-state index is 12.3. The summed E-state index contributed by atoms with van der Waals surface area (Å²) in [6, 6.07) is 12.1. The molecule has 0 fully saturated rings. The van der Waals surface area contributed by atoms with E-state index in [2.05, 4.69) is 26.2 Å². The Morgan fingerprint density at radius 3 is 2.83 bits per heavy atom. The lowest BCUT2D eigenvalue weighted by Gasteiger charge is -2.09. The van der Waals surface area contributed by atoms with Crippen LogP contribution in [0.5, 0.6) is 0 Å². The van der Waals surface area contributed by atoms with Gasteiger partial charge in [0.05, 0.1) is 27.9 Å². The van der Waals surface area contributed by atoms with Gasteiger partial charge in [-0.25, -0.2) is 4.98 Å². The van der Waals surface area contributed by atoms with E-state index in [4.69, 9.17) is 11.6 Å². The average molecular weight is 393 g/mol. The Bertz CT molecular complexity index is 955. The number of benzene rings is 2. The van der Waals surface area contributed by atoms with E-state index in [0.717, 1.165) is 4.47 Å². The third-order valence-corrected chi connectivity index (χ3v) is 4.06. The molecule has 0 saturated heterocycles. The number of hydrogen-bond donors (Lipinski definition) is 1. The molecule has 0 spiro atoms. The van der Waals surface area contributed by atoms with Crippen LogP contribution in [0.3, 0.4) is 0 Å². The third kappa shape index (κ3) is 3.43. The van der Waals surface area contributed by atoms with Crippen LogP contribution in [0.15, 0.2) is 58.1 Å². The lowest BCUT2D eigenvalue weighted by atomic mass is 10.2. The van der Waals surface area contributed by atoms with Gasteiger partial charge in [0.1, 0.15) is 6.54 Å². The zero-order valence-corrected chi connectivity index (χ0v) is 14.1. The number of carbonyl (C=O) groups excluding carboxylic acids is 1. The van der Waals surface area contributed by atoms with Crippen LogP contribution in [0, 0.1) is 0 Å². The van der Waals surface area contributed by atoms with Gasteiger partial charge >= 0.3 is 0 Å². The number of aromatic nitrogens is 2. The maximum absolute atomic E-state index is 12.3. The van der Waals surface area contributed by atoms with Gasteiger partial charge in [0.2, 0.25) is 5.91 Å². The standard InChI is InChI=1S/C16H11BrClN3O2/c17-10-5-6-14(12(18)7-10)20-15(22)8-21-9-19-13-4-2-1-3-11(13)16(21)23/h1-7,9H,8H2,(H,20,22). The van der Waals surface area contributed by atoms with E-state index in [1.165, 1.54) is 10.9 Å². The van der Waals surface area contributed by atoms with Crippen molar-refractivity contribution >= 4 is 50.0 Å². The van der Waals surface area contributed by atoms with Crippen LogP contribution in [0.1, 0.15) is 0 Å². The normalized spacial score (nSPS) is 10.7. The summed E-state index contributed by atoms with van der Waals surface area (Å²) in [7, 11) is 0. The summed E-state index contributed by atoms with van der Waals surface area (Å²) in [4.78, 5) is 28.7. The van der Waals surface area contributed by atoms with Gasteiger partial charge in [0.15, 0.2) is 0 Å². The molecule has 1 amide bonds. The Hall–Kier alpha value is -2.18. The zero-order chi connectivity index (χ0) is 16.4. The number of halogens is 2. The first kappa shape index (κ1) is 15.7. The summed E-state index contributed by atoms with van der Waals surface area (Å²) in [6.07, 6.45) is 1.37. The van der Waals surface area contributed by atoms with Crippen LogP contribution in [0.2, 0.25) is 5.02 Å². The van der Waals surface area contributed by atoms with Gasteiger partial charge in [-0.3, -0.25) is 14.2 Å². The molecule has 23 heavy (non-hydrogen) atoms. The van der Waals surface area contributed by atoms with Crippen molar-refractivity contribution in [3.63, 3.8) is 0 Å². The molecule has 1 aromatic heterocycles. The van der Waals surface area contributed by atoms with Gasteiger partial charge in [0.25, 0.3) is 5.56 Å². The molecule has 3 rings (SSSR count). The fourth-order valence-corrected chi connectivity index (χ4v) is 2.87. The van der Waals surface area contributed by atoms with Gasteiger partial charge in [-0.2, -0.15) is 0 Å². The topological polar surface area (TPSA) is 64.0 Å². The highest BCUT2D eigenvalue weighted by Gasteiger charge is 2.10. The van der Waals surface area contributed by atoms with Crippen LogP contribution < -0.4 is 10.9 Å². The van der Waals surface area contributed by atoms with Crippen LogP contribution in [0.25, 0.3) is 10.9 Å². The van der Waals surface area contributed by atoms with E-state index in [0.29, 0.717) is 21.6 Å². The molecular formula is C16H11BrClN3O2. The van der Waals surface area contributed by atoms with Gasteiger partial charge in [-0.15, -0.1) is 0 Å². The first-order chi connectivity index (χ1) is 11.0. The highest BCUT2D eigenvalue weighted by atomic mass is 79.9. The van der Waals surface area contributed by atoms with Crippen molar-refractivity contribution < 1.29 is 4.79 Å². The molecule has 2 aromatic carbocycles. The Labute approximate surface area is 145 Å². The van der Waals surface area contributed by atoms with E-state index < -0.39 is 0 Å². The number of nitrogens with one attached hydrogen (secondary N) is 1. The van der Waals surface area contributed by atoms with E-state index in [1.54, 1.807) is 42.5 Å². The van der Waals surface area contributed by atoms with Gasteiger partial charge in [0, 0.05) is 4.47 Å². The first-order valence-electron chi connectivity index (χ1n) is 6.73. The number of carbonyl (C=O) groups is 1. The smallest absolute Gasteiger partial charge is 0.261 e. The van der Waals surface area contributed by atoms with Gasteiger partial charge in [-0.1, -0.05) is 39.7 Å². The number of hydrogen-bond acceptors (Lipinski definition) is 3. The quantitative estimate of drug-likeness (QED) is 0.742. The van der Waals surface area contributed by atoms with Crippen molar-refractivity contribution in [2.75, 3.05) is 5.32 Å². The van der Waals surface area contributed by atoms with Crippen molar-refractivity contribution in [2.45, 2.75) is 6.54 Å². The molecule has 1 heterocycles. The minimum absolute atomic E-state index is 0.136. The van der Waals surface area contributed by atoms with Crippen molar-refractivity contribution in [1.29, 1.82) is 0 Å². The van der Waals surface area contributed by atoms with Crippen LogP contribution in [0.4, 0.5) is 5.69 Å². The summed E-state index contributed by atoms with van der Waals surface area (Å²) in [5.41, 5.74) is 0.833. The summed E-state index contributed by atoms with van der Waals surface area (Å²) in [5, 5.41) is 3.57. The molecule has 116 valence electrons. The molecule has 3 aromatic rings. The van der Waals surface area contributed by atoms with Crippen molar-refractivity contribution in [3.05, 3.63) is 68.6 Å². The second kappa shape index (κ2) is 6.52. The molecule has 0 aliphatic carbocycles. The minimum atomic E-state index is -0.353. The van der Waals surface area contributed by atoms with Crippen molar-refractivity contribution in [1.82, 2.24) is 9.55 Å². The molecule has 0 saturated carbocycles. The molecule has 5 nitrogen and oxygen atoms in total. The van der Waals surface area contributed by atoms with E-state index in [9.17, 15) is 9.59 Å². The maximum Gasteiger partial charge on any atom is 0.261 e. The fraction of sp³-hybridized carbons (Fsp3) is 0.0625. The second-order valence-electron chi connectivity index (χ2n) is 4.87. The molecular weight excluding hydrogens is 382 g/mol. The highest BCUT2D eigenvalue weighted by molar-refractivity contribution is 9.10. The molecule has 0 atom stereocenters. The number of nitrogens with zero attached hydrogens (tertiary/aromatic N) is 2. The van der Waals surface area contributed by atoms with Crippen LogP contribution >= 0.6 is 27.5 Å². The third-order valence-electron chi connectivity index (χ3n) is 3.25. The van der Waals surface area contributed by atoms with E-state index in [1.807, 2.05) is 0 Å². The Morgan fingerprint density at radius 2 is 2.04 bits per heavy atom. The number of fused-ring (bicyclic) bond motifs is 1. The number of anilines is 1. The van der Waals surface area contributed by atoms with Crippen LogP contribution in [-0.2, 0) is 11.3 Å². The fourth-order valence-electron chi connectivity index (χ4n) is 2.15. The molecule has 0 bridgehead atoms. The highest BCUT2D eigenvalue weighted by Crippen LogP contribution is 2.25. The summed E-state index contributed by atoms with van der Waals surface area (Å²) < 4.78 is 2.08. The Balaban J connectivity index is 1.83. The average Bonchev–Trinajstić information content (AvgIpc) is 2.53. The number of para-hydroxylation sites is 1. The molecule has 7 heteroatoms. The molecule has 0 unspecified atom stereocenters. The number of rotatable bonds is 3. The summed E-state index contributed by atoms with van der Waals surface area (Å²) in [5.74, 6) is -0.353. The first-order valence-corrected chi connectivity index (χ1v) is 7.91. The molecule has 0 radical (unpaired) electrons. The predicted octanol–water partition coefficient (Wildman–Crippen LogP) is 3.45. The lowest BCUT2D eigenvalue weighted by Crippen LogP contribution is -2.27. The van der Waals surface area contributed by atoms with E-state index in [-0.39, 0.29) is 18.0 Å². The van der Waals surface area contributed by atoms with Crippen LogP contribution in [-0.4, -0.2) is 15.5 Å². The monoisotopic (exact) mass is 391 g/mol. The largest absolute Gasteiger partial charge is 0.323 e. The minimum Gasteiger partial charge on any atom is -0.323 e. The lowest BCUT2D eigenvalue weighted by molar-refractivity contribution is -0.116. The predicted molar refractivity (Wildman–Crippen MR) is 93.8 cm³/mol. The number of amides is 1. The Morgan fingerprint density at radius 1 is 1.26 bits per heavy atom. The van der Waals surface area contributed by atoms with Crippen molar-refractivity contribution in [2.24, 2.45) is 0 Å². The summed E-state index contributed by atoms with van der Waals surface area (Å²) in [6.45, 7) is -0.136.